The lowest BCUT2D eigenvalue weighted by atomic mass is 9.75. The minimum absolute atomic E-state index is 0.00269. The number of ether oxygens (including phenoxy) is 1. The lowest BCUT2D eigenvalue weighted by Crippen LogP contribution is -2.39. The van der Waals surface area contributed by atoms with Crippen molar-refractivity contribution >= 4 is 5.97 Å². The predicted molar refractivity (Wildman–Crippen MR) is 72.3 cm³/mol. The molecule has 0 spiro atoms. The van der Waals surface area contributed by atoms with E-state index >= 15 is 0 Å². The number of carbonyl (C=O) groups is 1. The van der Waals surface area contributed by atoms with E-state index in [1.807, 2.05) is 0 Å². The van der Waals surface area contributed by atoms with E-state index in [2.05, 4.69) is 26.1 Å². The Kier molecular flexibility index (Phi) is 6.75. The molecule has 5 nitrogen and oxygen atoms in total. The van der Waals surface area contributed by atoms with Crippen LogP contribution in [0.4, 0.5) is 0 Å². The molecule has 0 heterocycles. The zero-order chi connectivity index (χ0) is 14.4. The standard InChI is InChI=1S/C14H27NO4/c1-9(2)11-5-4-10(3)6-12(11)19-14(18)8-15-7-13(16)17/h9-13,15-17H,4-8H2,1-3H3. The summed E-state index contributed by atoms with van der Waals surface area (Å²) < 4.78 is 5.55. The summed E-state index contributed by atoms with van der Waals surface area (Å²) in [4.78, 5) is 11.7. The van der Waals surface area contributed by atoms with Crippen LogP contribution in [0, 0.1) is 17.8 Å². The third-order valence-electron chi connectivity index (χ3n) is 3.84. The third-order valence-corrected chi connectivity index (χ3v) is 3.84. The molecule has 0 aliphatic heterocycles. The highest BCUT2D eigenvalue weighted by Gasteiger charge is 2.33. The van der Waals surface area contributed by atoms with Crippen molar-refractivity contribution in [3.8, 4) is 0 Å². The van der Waals surface area contributed by atoms with Crippen molar-refractivity contribution in [2.24, 2.45) is 17.8 Å². The first-order valence-electron chi connectivity index (χ1n) is 7.16. The van der Waals surface area contributed by atoms with Crippen molar-refractivity contribution in [2.75, 3.05) is 13.1 Å². The van der Waals surface area contributed by atoms with Gasteiger partial charge < -0.3 is 20.3 Å². The van der Waals surface area contributed by atoms with Gasteiger partial charge >= 0.3 is 5.97 Å². The van der Waals surface area contributed by atoms with Crippen LogP contribution in [-0.4, -0.2) is 41.7 Å². The maximum atomic E-state index is 11.7. The quantitative estimate of drug-likeness (QED) is 0.495. The summed E-state index contributed by atoms with van der Waals surface area (Å²) in [5, 5.41) is 20.0. The minimum Gasteiger partial charge on any atom is -0.461 e. The van der Waals surface area contributed by atoms with Gasteiger partial charge in [0, 0.05) is 6.54 Å². The monoisotopic (exact) mass is 273 g/mol. The molecule has 5 heteroatoms. The number of rotatable bonds is 6. The molecular formula is C14H27NO4. The molecule has 0 aromatic heterocycles. The Morgan fingerprint density at radius 1 is 1.37 bits per heavy atom. The van der Waals surface area contributed by atoms with Crippen LogP contribution >= 0.6 is 0 Å². The SMILES string of the molecule is CC1CCC(C(C)C)C(OC(=O)CNCC(O)O)C1. The molecule has 0 aromatic carbocycles. The highest BCUT2D eigenvalue weighted by Crippen LogP contribution is 2.35. The van der Waals surface area contributed by atoms with Gasteiger partial charge in [0.25, 0.3) is 0 Å². The normalized spacial score (nSPS) is 27.8. The molecule has 1 aliphatic carbocycles. The van der Waals surface area contributed by atoms with Gasteiger partial charge in [0.05, 0.1) is 6.54 Å². The second kappa shape index (κ2) is 7.82. The van der Waals surface area contributed by atoms with Crippen molar-refractivity contribution in [3.05, 3.63) is 0 Å². The van der Waals surface area contributed by atoms with Crippen LogP contribution in [0.1, 0.15) is 40.0 Å². The second-order valence-electron chi connectivity index (χ2n) is 5.97. The summed E-state index contributed by atoms with van der Waals surface area (Å²) >= 11 is 0. The van der Waals surface area contributed by atoms with E-state index in [4.69, 9.17) is 14.9 Å². The number of aliphatic hydroxyl groups is 2. The van der Waals surface area contributed by atoms with E-state index in [0.29, 0.717) is 17.8 Å². The Labute approximate surface area is 115 Å². The number of carbonyl (C=O) groups excluding carboxylic acids is 1. The summed E-state index contributed by atoms with van der Waals surface area (Å²) in [5.41, 5.74) is 0. The average Bonchev–Trinajstić information content (AvgIpc) is 2.27. The molecule has 0 aromatic rings. The molecule has 0 radical (unpaired) electrons. The van der Waals surface area contributed by atoms with E-state index in [1.54, 1.807) is 0 Å². The van der Waals surface area contributed by atoms with Crippen LogP contribution in [0.15, 0.2) is 0 Å². The molecular weight excluding hydrogens is 246 g/mol. The molecule has 19 heavy (non-hydrogen) atoms. The number of hydrogen-bond donors (Lipinski definition) is 3. The molecule has 0 bridgehead atoms. The average molecular weight is 273 g/mol. The fourth-order valence-corrected chi connectivity index (χ4v) is 2.76. The zero-order valence-corrected chi connectivity index (χ0v) is 12.1. The summed E-state index contributed by atoms with van der Waals surface area (Å²) in [6.45, 7) is 6.53. The summed E-state index contributed by atoms with van der Waals surface area (Å²) in [6, 6.07) is 0. The summed E-state index contributed by atoms with van der Waals surface area (Å²) in [5.74, 6) is 1.23. The van der Waals surface area contributed by atoms with Crippen molar-refractivity contribution in [3.63, 3.8) is 0 Å². The van der Waals surface area contributed by atoms with Crippen molar-refractivity contribution < 1.29 is 19.7 Å². The lowest BCUT2D eigenvalue weighted by molar-refractivity contribution is -0.155. The Morgan fingerprint density at radius 3 is 2.63 bits per heavy atom. The molecule has 0 amide bonds. The number of hydrogen-bond acceptors (Lipinski definition) is 5. The highest BCUT2D eigenvalue weighted by atomic mass is 16.5. The van der Waals surface area contributed by atoms with Crippen LogP contribution in [0.3, 0.4) is 0 Å². The van der Waals surface area contributed by atoms with Gasteiger partial charge in [0.2, 0.25) is 0 Å². The molecule has 3 atom stereocenters. The molecule has 1 fully saturated rings. The van der Waals surface area contributed by atoms with E-state index in [0.717, 1.165) is 12.8 Å². The van der Waals surface area contributed by atoms with Crippen LogP contribution in [0.25, 0.3) is 0 Å². The highest BCUT2D eigenvalue weighted by molar-refractivity contribution is 5.71. The van der Waals surface area contributed by atoms with Gasteiger partial charge in [-0.2, -0.15) is 0 Å². The van der Waals surface area contributed by atoms with Crippen LogP contribution in [0.2, 0.25) is 0 Å². The van der Waals surface area contributed by atoms with E-state index in [9.17, 15) is 4.79 Å². The lowest BCUT2D eigenvalue weighted by Gasteiger charge is -2.36. The van der Waals surface area contributed by atoms with Crippen LogP contribution in [-0.2, 0) is 9.53 Å². The van der Waals surface area contributed by atoms with Gasteiger partial charge in [-0.15, -0.1) is 0 Å². The summed E-state index contributed by atoms with van der Waals surface area (Å²) in [6.07, 6.45) is 1.80. The zero-order valence-electron chi connectivity index (χ0n) is 12.1. The Balaban J connectivity index is 2.40. The topological polar surface area (TPSA) is 78.8 Å². The number of aliphatic hydroxyl groups excluding tert-OH is 1. The van der Waals surface area contributed by atoms with Gasteiger partial charge in [-0.1, -0.05) is 27.2 Å². The minimum atomic E-state index is -1.44. The Morgan fingerprint density at radius 2 is 2.05 bits per heavy atom. The smallest absolute Gasteiger partial charge is 0.320 e. The maximum Gasteiger partial charge on any atom is 0.320 e. The van der Waals surface area contributed by atoms with Crippen LogP contribution < -0.4 is 5.32 Å². The molecule has 1 saturated carbocycles. The molecule has 3 N–H and O–H groups in total. The Bertz CT molecular complexity index is 281. The number of nitrogens with one attached hydrogen (secondary N) is 1. The van der Waals surface area contributed by atoms with E-state index < -0.39 is 6.29 Å². The molecule has 1 rings (SSSR count). The first-order valence-corrected chi connectivity index (χ1v) is 7.16. The van der Waals surface area contributed by atoms with Gasteiger partial charge in [-0.3, -0.25) is 4.79 Å². The maximum absolute atomic E-state index is 11.7. The van der Waals surface area contributed by atoms with E-state index in [-0.39, 0.29) is 25.2 Å². The largest absolute Gasteiger partial charge is 0.461 e. The molecule has 0 saturated heterocycles. The van der Waals surface area contributed by atoms with Gasteiger partial charge in [0.15, 0.2) is 6.29 Å². The van der Waals surface area contributed by atoms with Crippen molar-refractivity contribution in [1.29, 1.82) is 0 Å². The fraction of sp³-hybridized carbons (Fsp3) is 0.929. The number of esters is 1. The van der Waals surface area contributed by atoms with E-state index in [1.165, 1.54) is 6.42 Å². The first kappa shape index (κ1) is 16.4. The predicted octanol–water partition coefficient (Wildman–Crippen LogP) is 0.891. The Hall–Kier alpha value is -0.650. The fourth-order valence-electron chi connectivity index (χ4n) is 2.76. The van der Waals surface area contributed by atoms with Crippen molar-refractivity contribution in [2.45, 2.75) is 52.4 Å². The van der Waals surface area contributed by atoms with Crippen molar-refractivity contribution in [1.82, 2.24) is 5.32 Å². The van der Waals surface area contributed by atoms with Gasteiger partial charge in [-0.25, -0.2) is 0 Å². The van der Waals surface area contributed by atoms with Gasteiger partial charge in [-0.05, 0) is 30.6 Å². The molecule has 3 unspecified atom stereocenters. The first-order chi connectivity index (χ1) is 8.90. The molecule has 112 valence electrons. The van der Waals surface area contributed by atoms with Crippen LogP contribution in [0.5, 0.6) is 0 Å². The third kappa shape index (κ3) is 5.89. The molecule has 1 aliphatic rings. The van der Waals surface area contributed by atoms with Gasteiger partial charge in [0.1, 0.15) is 6.10 Å². The second-order valence-corrected chi connectivity index (χ2v) is 5.97. The summed E-state index contributed by atoms with van der Waals surface area (Å²) in [7, 11) is 0.